The maximum Gasteiger partial charge on any atom is 0.372 e. The lowest BCUT2D eigenvalue weighted by atomic mass is 9.94. The topological polar surface area (TPSA) is 0 Å². The van der Waals surface area contributed by atoms with Gasteiger partial charge in [-0.25, -0.2) is 26.3 Å². The first-order valence-corrected chi connectivity index (χ1v) is 3.52. The minimum Gasteiger partial charge on any atom is -0.247 e. The van der Waals surface area contributed by atoms with E-state index in [0.717, 1.165) is 0 Å². The molecule has 0 saturated carbocycles. The molecular weight excluding hydrogens is 262 g/mol. The third kappa shape index (κ3) is 1.93. The normalized spacial score (nSPS) is 18.0. The van der Waals surface area contributed by atoms with Crippen molar-refractivity contribution in [1.82, 2.24) is 0 Å². The van der Waals surface area contributed by atoms with Crippen LogP contribution in [0.5, 0.6) is 0 Å². The number of hydrogen-bond donors (Lipinski definition) is 0. The summed E-state index contributed by atoms with van der Waals surface area (Å²) >= 11 is 0. The van der Waals surface area contributed by atoms with Crippen LogP contribution in [0.25, 0.3) is 0 Å². The Morgan fingerprint density at radius 1 is 0.750 bits per heavy atom. The summed E-state index contributed by atoms with van der Waals surface area (Å²) in [5.74, 6) is -12.9. The molecule has 0 spiro atoms. The first kappa shape index (κ1) is 15.3. The van der Waals surface area contributed by atoms with Crippen LogP contribution in [0.2, 0.25) is 0 Å². The maximum absolute atomic E-state index is 12.6. The summed E-state index contributed by atoms with van der Waals surface area (Å²) < 4.78 is 120. The van der Waals surface area contributed by atoms with Crippen molar-refractivity contribution in [2.75, 3.05) is 6.67 Å². The summed E-state index contributed by atoms with van der Waals surface area (Å²) in [5.41, 5.74) is -5.66. The largest absolute Gasteiger partial charge is 0.372 e. The second-order valence-corrected chi connectivity index (χ2v) is 2.79. The van der Waals surface area contributed by atoms with E-state index in [9.17, 15) is 43.9 Å². The van der Waals surface area contributed by atoms with E-state index in [1.165, 1.54) is 0 Å². The van der Waals surface area contributed by atoms with Gasteiger partial charge in [-0.3, -0.25) is 0 Å². The lowest BCUT2D eigenvalue weighted by Crippen LogP contribution is -2.63. The molecule has 0 aromatic heterocycles. The Balaban J connectivity index is 5.48. The monoisotopic (exact) mass is 266 g/mol. The van der Waals surface area contributed by atoms with E-state index < -0.39 is 37.0 Å². The SMILES string of the molecule is FCC(F)(C(F)F)C(F)(F)C(F)(F)C(F)F. The van der Waals surface area contributed by atoms with E-state index >= 15 is 0 Å². The Bertz CT molecular complexity index is 235. The molecule has 98 valence electrons. The fourth-order valence-corrected chi connectivity index (χ4v) is 0.693. The number of alkyl halides is 10. The summed E-state index contributed by atoms with van der Waals surface area (Å²) in [4.78, 5) is 0. The molecule has 1 unspecified atom stereocenters. The molecule has 0 amide bonds. The predicted octanol–water partition coefficient (Wildman–Crippen LogP) is 3.47. The van der Waals surface area contributed by atoms with Crippen LogP contribution < -0.4 is 0 Å². The molecule has 0 heterocycles. The molecule has 0 bridgehead atoms. The van der Waals surface area contributed by atoms with E-state index in [-0.39, 0.29) is 0 Å². The average Bonchev–Trinajstić information content (AvgIpc) is 2.15. The first-order chi connectivity index (χ1) is 6.95. The average molecular weight is 266 g/mol. The van der Waals surface area contributed by atoms with Gasteiger partial charge < -0.3 is 0 Å². The van der Waals surface area contributed by atoms with Gasteiger partial charge in [0.25, 0.3) is 12.1 Å². The molecule has 0 aliphatic carbocycles. The molecule has 0 N–H and O–H groups in total. The van der Waals surface area contributed by atoms with Crippen molar-refractivity contribution in [3.05, 3.63) is 0 Å². The Morgan fingerprint density at radius 3 is 1.31 bits per heavy atom. The van der Waals surface area contributed by atoms with Gasteiger partial charge in [0.1, 0.15) is 6.67 Å². The van der Waals surface area contributed by atoms with Crippen molar-refractivity contribution in [2.45, 2.75) is 30.4 Å². The highest BCUT2D eigenvalue weighted by atomic mass is 19.3. The summed E-state index contributed by atoms with van der Waals surface area (Å²) in [6.45, 7) is -3.22. The van der Waals surface area contributed by atoms with Crippen LogP contribution in [-0.4, -0.2) is 37.0 Å². The summed E-state index contributed by atoms with van der Waals surface area (Å²) in [7, 11) is 0. The van der Waals surface area contributed by atoms with Gasteiger partial charge in [-0.2, -0.15) is 17.6 Å². The fraction of sp³-hybridized carbons (Fsp3) is 1.00. The van der Waals surface area contributed by atoms with E-state index in [0.29, 0.717) is 0 Å². The summed E-state index contributed by atoms with van der Waals surface area (Å²) in [6.07, 6.45) is -9.99. The second kappa shape index (κ2) is 4.28. The van der Waals surface area contributed by atoms with Gasteiger partial charge in [0.15, 0.2) is 0 Å². The van der Waals surface area contributed by atoms with E-state index in [1.807, 2.05) is 0 Å². The van der Waals surface area contributed by atoms with Crippen molar-refractivity contribution in [1.29, 1.82) is 0 Å². The molecule has 0 fully saturated rings. The minimum absolute atomic E-state index is 3.22. The second-order valence-electron chi connectivity index (χ2n) is 2.79. The summed E-state index contributed by atoms with van der Waals surface area (Å²) in [6, 6.07) is 0. The van der Waals surface area contributed by atoms with Gasteiger partial charge in [-0.05, 0) is 0 Å². The summed E-state index contributed by atoms with van der Waals surface area (Å²) in [5, 5.41) is 0. The zero-order valence-electron chi connectivity index (χ0n) is 7.14. The van der Waals surface area contributed by atoms with Gasteiger partial charge >= 0.3 is 18.3 Å². The van der Waals surface area contributed by atoms with Gasteiger partial charge in [-0.1, -0.05) is 0 Å². The number of rotatable bonds is 5. The molecule has 0 aromatic rings. The molecule has 0 aliphatic heterocycles. The smallest absolute Gasteiger partial charge is 0.247 e. The Labute approximate surface area is 82.2 Å². The van der Waals surface area contributed by atoms with Crippen molar-refractivity contribution < 1.29 is 43.9 Å². The Kier molecular flexibility index (Phi) is 4.10. The molecule has 0 rings (SSSR count). The van der Waals surface area contributed by atoms with Gasteiger partial charge in [0, 0.05) is 0 Å². The highest BCUT2D eigenvalue weighted by molar-refractivity contribution is 5.05. The molecule has 0 nitrogen and oxygen atoms in total. The van der Waals surface area contributed by atoms with Crippen LogP contribution in [0.4, 0.5) is 43.9 Å². The van der Waals surface area contributed by atoms with Crippen molar-refractivity contribution in [2.24, 2.45) is 0 Å². The minimum atomic E-state index is -6.53. The van der Waals surface area contributed by atoms with Crippen LogP contribution >= 0.6 is 0 Å². The Hall–Kier alpha value is -0.700. The van der Waals surface area contributed by atoms with E-state index in [2.05, 4.69) is 0 Å². The zero-order chi connectivity index (χ0) is 13.4. The first-order valence-electron chi connectivity index (χ1n) is 3.52. The third-order valence-corrected chi connectivity index (χ3v) is 1.76. The molecule has 0 radical (unpaired) electrons. The lowest BCUT2D eigenvalue weighted by molar-refractivity contribution is -0.330. The van der Waals surface area contributed by atoms with Crippen LogP contribution in [0, 0.1) is 0 Å². The van der Waals surface area contributed by atoms with Crippen LogP contribution in [-0.2, 0) is 0 Å². The van der Waals surface area contributed by atoms with Gasteiger partial charge in [0.2, 0.25) is 0 Å². The maximum atomic E-state index is 12.6. The van der Waals surface area contributed by atoms with Gasteiger partial charge in [0.05, 0.1) is 0 Å². The van der Waals surface area contributed by atoms with Crippen LogP contribution in [0.3, 0.4) is 0 Å². The van der Waals surface area contributed by atoms with Crippen LogP contribution in [0.15, 0.2) is 0 Å². The molecule has 1 atom stereocenters. The molecule has 0 saturated heterocycles. The van der Waals surface area contributed by atoms with Crippen molar-refractivity contribution in [3.8, 4) is 0 Å². The van der Waals surface area contributed by atoms with E-state index in [4.69, 9.17) is 0 Å². The molecule has 0 aromatic carbocycles. The number of hydrogen-bond acceptors (Lipinski definition) is 0. The molecule has 10 heteroatoms. The lowest BCUT2D eigenvalue weighted by Gasteiger charge is -2.35. The van der Waals surface area contributed by atoms with Crippen molar-refractivity contribution >= 4 is 0 Å². The molecule has 0 aliphatic rings. The zero-order valence-corrected chi connectivity index (χ0v) is 7.14. The Morgan fingerprint density at radius 2 is 1.12 bits per heavy atom. The van der Waals surface area contributed by atoms with Crippen LogP contribution in [0.1, 0.15) is 0 Å². The highest BCUT2D eigenvalue weighted by Crippen LogP contribution is 2.50. The number of halogens is 10. The third-order valence-electron chi connectivity index (χ3n) is 1.76. The highest BCUT2D eigenvalue weighted by Gasteiger charge is 2.77. The molecule has 16 heavy (non-hydrogen) atoms. The predicted molar refractivity (Wildman–Crippen MR) is 31.7 cm³/mol. The van der Waals surface area contributed by atoms with E-state index in [1.54, 1.807) is 0 Å². The molecular formula is C6H4F10. The van der Waals surface area contributed by atoms with Gasteiger partial charge in [-0.15, -0.1) is 0 Å². The fourth-order valence-electron chi connectivity index (χ4n) is 0.693. The quantitative estimate of drug-likeness (QED) is 0.668. The van der Waals surface area contributed by atoms with Crippen molar-refractivity contribution in [3.63, 3.8) is 0 Å². The standard InChI is InChI=1S/C6H4F10/c7-1-4(12,2(8)9)6(15,16)5(13,14)3(10)11/h2-3H,1H2.